The molecule has 1 fully saturated rings. The first-order valence-electron chi connectivity index (χ1n) is 11.5. The van der Waals surface area contributed by atoms with Crippen LogP contribution in [-0.2, 0) is 0 Å². The monoisotopic (exact) mass is 497 g/mol. The van der Waals surface area contributed by atoms with Crippen LogP contribution < -0.4 is 10.1 Å². The molecule has 12 heteroatoms. The summed E-state index contributed by atoms with van der Waals surface area (Å²) in [5.74, 6) is -1.48. The first-order valence-corrected chi connectivity index (χ1v) is 11.5. The number of hydrogen-bond acceptors (Lipinski definition) is 7. The summed E-state index contributed by atoms with van der Waals surface area (Å²) < 4.78 is 35.0. The van der Waals surface area contributed by atoms with Crippen molar-refractivity contribution in [2.45, 2.75) is 13.8 Å². The number of aromatic amines is 2. The molecule has 190 valence electrons. The Labute approximate surface area is 207 Å². The molecule has 0 atom stereocenters. The lowest BCUT2D eigenvalue weighted by atomic mass is 10.3. The second kappa shape index (κ2) is 11.2. The van der Waals surface area contributed by atoms with Gasteiger partial charge in [-0.1, -0.05) is 6.08 Å². The van der Waals surface area contributed by atoms with Gasteiger partial charge in [-0.2, -0.15) is 14.5 Å². The quantitative estimate of drug-likeness (QED) is 0.190. The Bertz CT molecular complexity index is 1320. The molecular formula is C24H29F2N9O. The maximum atomic E-state index is 15.0. The number of fused-ring (bicyclic) bond motifs is 1. The van der Waals surface area contributed by atoms with Gasteiger partial charge < -0.3 is 19.9 Å². The van der Waals surface area contributed by atoms with Crippen molar-refractivity contribution < 1.29 is 13.5 Å². The van der Waals surface area contributed by atoms with Gasteiger partial charge in [-0.15, -0.1) is 0 Å². The summed E-state index contributed by atoms with van der Waals surface area (Å²) >= 11 is 0. The topological polar surface area (TPSA) is 110 Å². The average Bonchev–Trinajstić information content (AvgIpc) is 3.47. The molecule has 0 aromatic carbocycles. The number of aliphatic imine (C=N–C) groups is 2. The van der Waals surface area contributed by atoms with Gasteiger partial charge in [-0.25, -0.2) is 9.38 Å². The number of pyridine rings is 1. The first kappa shape index (κ1) is 25.2. The van der Waals surface area contributed by atoms with E-state index in [1.54, 1.807) is 13.0 Å². The number of H-pyrrole nitrogens is 2. The SMILES string of the molecule is C=N/C(=C\C(=N/CN1CCN(C)CC1)Nc1cc(/C=C/C)[nH]n1)Oc1nc(F)c2[nH]c(C)cc2c1F. The Morgan fingerprint density at radius 2 is 2.06 bits per heavy atom. The van der Waals surface area contributed by atoms with Crippen LogP contribution in [0.5, 0.6) is 5.88 Å². The third kappa shape index (κ3) is 6.01. The van der Waals surface area contributed by atoms with Gasteiger partial charge in [-0.3, -0.25) is 15.0 Å². The lowest BCUT2D eigenvalue weighted by Crippen LogP contribution is -2.44. The zero-order chi connectivity index (χ0) is 25.7. The molecule has 0 aliphatic carbocycles. The number of rotatable bonds is 8. The van der Waals surface area contributed by atoms with Crippen LogP contribution in [0.15, 0.2) is 40.2 Å². The maximum Gasteiger partial charge on any atom is 0.260 e. The van der Waals surface area contributed by atoms with Crippen LogP contribution >= 0.6 is 0 Å². The normalized spacial score (nSPS) is 16.2. The molecule has 0 bridgehead atoms. The van der Waals surface area contributed by atoms with Crippen molar-refractivity contribution >= 4 is 35.3 Å². The van der Waals surface area contributed by atoms with Gasteiger partial charge in [0, 0.05) is 49.4 Å². The third-order valence-corrected chi connectivity index (χ3v) is 5.64. The molecule has 0 radical (unpaired) electrons. The molecule has 36 heavy (non-hydrogen) atoms. The van der Waals surface area contributed by atoms with Gasteiger partial charge in [-0.05, 0) is 39.8 Å². The summed E-state index contributed by atoms with van der Waals surface area (Å²) in [6.07, 6.45) is 5.20. The van der Waals surface area contributed by atoms with E-state index in [-0.39, 0.29) is 16.8 Å². The van der Waals surface area contributed by atoms with Crippen LogP contribution in [0.1, 0.15) is 18.3 Å². The molecule has 1 aliphatic rings. The van der Waals surface area contributed by atoms with Gasteiger partial charge in [0.25, 0.3) is 5.88 Å². The van der Waals surface area contributed by atoms with Crippen molar-refractivity contribution in [2.24, 2.45) is 9.98 Å². The minimum Gasteiger partial charge on any atom is -0.417 e. The van der Waals surface area contributed by atoms with Crippen molar-refractivity contribution in [1.29, 1.82) is 0 Å². The maximum absolute atomic E-state index is 15.0. The number of aromatic nitrogens is 4. The van der Waals surface area contributed by atoms with Crippen molar-refractivity contribution in [3.63, 3.8) is 0 Å². The number of hydrogen-bond donors (Lipinski definition) is 3. The summed E-state index contributed by atoms with van der Waals surface area (Å²) in [4.78, 5) is 19.3. The number of piperazine rings is 1. The zero-order valence-electron chi connectivity index (χ0n) is 20.5. The summed E-state index contributed by atoms with van der Waals surface area (Å²) in [5, 5.41) is 10.3. The predicted octanol–water partition coefficient (Wildman–Crippen LogP) is 3.54. The van der Waals surface area contributed by atoms with Crippen molar-refractivity contribution in [1.82, 2.24) is 30.0 Å². The summed E-state index contributed by atoms with van der Waals surface area (Å²) in [7, 11) is 2.08. The van der Waals surface area contributed by atoms with Crippen LogP contribution in [0.2, 0.25) is 0 Å². The van der Waals surface area contributed by atoms with E-state index in [0.29, 0.717) is 24.0 Å². The molecule has 4 heterocycles. The Balaban J connectivity index is 1.61. The molecule has 1 aliphatic heterocycles. The molecule has 0 spiro atoms. The van der Waals surface area contributed by atoms with E-state index in [0.717, 1.165) is 31.9 Å². The summed E-state index contributed by atoms with van der Waals surface area (Å²) in [6, 6.07) is 3.29. The Morgan fingerprint density at radius 1 is 1.28 bits per heavy atom. The van der Waals surface area contributed by atoms with Crippen LogP contribution in [0.25, 0.3) is 17.0 Å². The Kier molecular flexibility index (Phi) is 7.86. The standard InChI is InChI=1S/C24H29F2N9O/c1-5-6-16-12-19(33-32-16)30-18(28-14-35-9-7-34(4)8-10-35)13-20(27-3)36-24-21(25)17-11-15(2)29-22(17)23(26)31-24/h5-6,11-13,29H,3,7-10,14H2,1-2,4H3,(H2,28,30,32,33)/b6-5+,20-13+. The van der Waals surface area contributed by atoms with Crippen LogP contribution in [0, 0.1) is 18.7 Å². The van der Waals surface area contributed by atoms with E-state index in [1.807, 2.05) is 19.1 Å². The molecule has 3 N–H and O–H groups in total. The zero-order valence-corrected chi connectivity index (χ0v) is 20.5. The number of amidine groups is 1. The third-order valence-electron chi connectivity index (χ3n) is 5.64. The number of ether oxygens (including phenoxy) is 1. The minimum absolute atomic E-state index is 0.0269. The molecular weight excluding hydrogens is 468 g/mol. The minimum atomic E-state index is -0.881. The summed E-state index contributed by atoms with van der Waals surface area (Å²) in [5.41, 5.74) is 1.37. The Morgan fingerprint density at radius 3 is 2.78 bits per heavy atom. The molecule has 4 rings (SSSR count). The van der Waals surface area contributed by atoms with E-state index in [1.165, 1.54) is 12.1 Å². The second-order valence-electron chi connectivity index (χ2n) is 8.45. The lowest BCUT2D eigenvalue weighted by molar-refractivity contribution is 0.158. The highest BCUT2D eigenvalue weighted by atomic mass is 19.1. The second-order valence-corrected chi connectivity index (χ2v) is 8.45. The first-order chi connectivity index (χ1) is 17.4. The lowest BCUT2D eigenvalue weighted by Gasteiger charge is -2.31. The highest BCUT2D eigenvalue weighted by Crippen LogP contribution is 2.28. The van der Waals surface area contributed by atoms with Gasteiger partial charge in [0.1, 0.15) is 11.4 Å². The molecule has 10 nitrogen and oxygen atoms in total. The number of halogens is 2. The van der Waals surface area contributed by atoms with Crippen molar-refractivity contribution in [2.75, 3.05) is 45.2 Å². The van der Waals surface area contributed by atoms with E-state index in [9.17, 15) is 4.39 Å². The number of aryl methyl sites for hydroxylation is 1. The van der Waals surface area contributed by atoms with E-state index in [4.69, 9.17) is 4.74 Å². The molecule has 0 amide bonds. The van der Waals surface area contributed by atoms with Crippen LogP contribution in [-0.4, -0.2) is 82.4 Å². The Hall–Kier alpha value is -3.90. The van der Waals surface area contributed by atoms with Gasteiger partial charge in [0.05, 0.1) is 12.4 Å². The fourth-order valence-corrected chi connectivity index (χ4v) is 3.71. The highest BCUT2D eigenvalue weighted by molar-refractivity contribution is 6.03. The van der Waals surface area contributed by atoms with Gasteiger partial charge >= 0.3 is 0 Å². The highest BCUT2D eigenvalue weighted by Gasteiger charge is 2.19. The number of nitrogens with one attached hydrogen (secondary N) is 3. The van der Waals surface area contributed by atoms with Crippen molar-refractivity contribution in [3.05, 3.63) is 53.3 Å². The molecule has 3 aromatic rings. The molecule has 0 unspecified atom stereocenters. The fraction of sp³-hybridized carbons (Fsp3) is 0.333. The fourth-order valence-electron chi connectivity index (χ4n) is 3.71. The van der Waals surface area contributed by atoms with E-state index >= 15 is 4.39 Å². The number of nitrogens with zero attached hydrogens (tertiary/aromatic N) is 6. The summed E-state index contributed by atoms with van der Waals surface area (Å²) in [6.45, 7) is 11.2. The smallest absolute Gasteiger partial charge is 0.260 e. The van der Waals surface area contributed by atoms with Crippen LogP contribution in [0.4, 0.5) is 14.6 Å². The number of allylic oxidation sites excluding steroid dienone is 1. The average molecular weight is 498 g/mol. The molecule has 0 saturated carbocycles. The molecule has 3 aromatic heterocycles. The largest absolute Gasteiger partial charge is 0.417 e. The number of anilines is 1. The van der Waals surface area contributed by atoms with Gasteiger partial charge in [0.2, 0.25) is 11.8 Å². The van der Waals surface area contributed by atoms with Crippen LogP contribution in [0.3, 0.4) is 0 Å². The predicted molar refractivity (Wildman–Crippen MR) is 137 cm³/mol. The van der Waals surface area contributed by atoms with Gasteiger partial charge in [0.15, 0.2) is 11.6 Å². The molecule has 1 saturated heterocycles. The van der Waals surface area contributed by atoms with Crippen molar-refractivity contribution in [3.8, 4) is 5.88 Å². The number of likely N-dealkylation sites (N-methyl/N-ethyl adjacent to an activating group) is 1. The van der Waals surface area contributed by atoms with E-state index < -0.39 is 17.6 Å². The van der Waals surface area contributed by atoms with E-state index in [2.05, 4.69) is 59.0 Å².